The molecule has 0 spiro atoms. The molecule has 2 aromatic carbocycles. The number of nitrogens with zero attached hydrogens (tertiary/aromatic N) is 1. The lowest BCUT2D eigenvalue weighted by molar-refractivity contribution is -0.120. The fourth-order valence-electron chi connectivity index (χ4n) is 2.30. The van der Waals surface area contributed by atoms with Gasteiger partial charge in [-0.15, -0.1) is 0 Å². The van der Waals surface area contributed by atoms with Gasteiger partial charge < -0.3 is 14.4 Å². The minimum Gasteiger partial charge on any atom is -0.497 e. The first-order valence-electron chi connectivity index (χ1n) is 6.53. The highest BCUT2D eigenvalue weighted by molar-refractivity contribution is 6.30. The standard InChI is InChI=1S/C16H14ClNO3/c1-20-14-4-2-3-13(8-14)18-9-11-7-12(17)5-6-15(11)21-10-16(18)19/h2-8H,9-10H2,1H3. The smallest absolute Gasteiger partial charge is 0.265 e. The topological polar surface area (TPSA) is 38.8 Å². The van der Waals surface area contributed by atoms with Gasteiger partial charge >= 0.3 is 0 Å². The Balaban J connectivity index is 1.99. The lowest BCUT2D eigenvalue weighted by Gasteiger charge is -2.20. The Morgan fingerprint density at radius 3 is 2.90 bits per heavy atom. The summed E-state index contributed by atoms with van der Waals surface area (Å²) >= 11 is 6.03. The van der Waals surface area contributed by atoms with Gasteiger partial charge in [-0.2, -0.15) is 0 Å². The third kappa shape index (κ3) is 2.81. The average molecular weight is 304 g/mol. The molecule has 108 valence electrons. The number of benzene rings is 2. The average Bonchev–Trinajstić information content (AvgIpc) is 2.66. The van der Waals surface area contributed by atoms with Gasteiger partial charge in [0, 0.05) is 22.3 Å². The Morgan fingerprint density at radius 2 is 2.10 bits per heavy atom. The second-order valence-electron chi connectivity index (χ2n) is 4.72. The highest BCUT2D eigenvalue weighted by Crippen LogP contribution is 2.30. The van der Waals surface area contributed by atoms with Crippen LogP contribution in [0.2, 0.25) is 5.02 Å². The van der Waals surface area contributed by atoms with Crippen LogP contribution in [-0.4, -0.2) is 19.6 Å². The first kappa shape index (κ1) is 13.8. The Morgan fingerprint density at radius 1 is 1.24 bits per heavy atom. The molecule has 1 aliphatic rings. The third-order valence-electron chi connectivity index (χ3n) is 3.37. The van der Waals surface area contributed by atoms with E-state index in [0.717, 1.165) is 11.3 Å². The number of carbonyl (C=O) groups is 1. The molecular weight excluding hydrogens is 290 g/mol. The van der Waals surface area contributed by atoms with Crippen LogP contribution in [0.3, 0.4) is 0 Å². The number of carbonyl (C=O) groups excluding carboxylic acids is 1. The maximum atomic E-state index is 12.3. The van der Waals surface area contributed by atoms with E-state index in [1.165, 1.54) is 0 Å². The summed E-state index contributed by atoms with van der Waals surface area (Å²) < 4.78 is 10.8. The van der Waals surface area contributed by atoms with Gasteiger partial charge in [0.15, 0.2) is 6.61 Å². The molecule has 0 aromatic heterocycles. The molecule has 1 aliphatic heterocycles. The van der Waals surface area contributed by atoms with Crippen molar-refractivity contribution in [2.24, 2.45) is 0 Å². The van der Waals surface area contributed by atoms with Crippen molar-refractivity contribution in [2.75, 3.05) is 18.6 Å². The van der Waals surface area contributed by atoms with Crippen LogP contribution in [0.25, 0.3) is 0 Å². The molecule has 0 saturated carbocycles. The molecular formula is C16H14ClNO3. The van der Waals surface area contributed by atoms with Crippen molar-refractivity contribution in [1.82, 2.24) is 0 Å². The summed E-state index contributed by atoms with van der Waals surface area (Å²) in [5.41, 5.74) is 1.66. The summed E-state index contributed by atoms with van der Waals surface area (Å²) in [5.74, 6) is 1.30. The lowest BCUT2D eigenvalue weighted by atomic mass is 10.1. The van der Waals surface area contributed by atoms with E-state index >= 15 is 0 Å². The van der Waals surface area contributed by atoms with Crippen LogP contribution < -0.4 is 14.4 Å². The zero-order valence-corrected chi connectivity index (χ0v) is 12.3. The van der Waals surface area contributed by atoms with E-state index in [2.05, 4.69) is 0 Å². The van der Waals surface area contributed by atoms with Crippen LogP contribution in [0.1, 0.15) is 5.56 Å². The molecule has 0 radical (unpaired) electrons. The van der Waals surface area contributed by atoms with Gasteiger partial charge in [0.05, 0.1) is 13.7 Å². The second kappa shape index (κ2) is 5.66. The van der Waals surface area contributed by atoms with Crippen LogP contribution in [0, 0.1) is 0 Å². The number of halogens is 1. The fourth-order valence-corrected chi connectivity index (χ4v) is 2.50. The largest absolute Gasteiger partial charge is 0.497 e. The molecule has 0 aliphatic carbocycles. The van der Waals surface area contributed by atoms with Crippen LogP contribution >= 0.6 is 11.6 Å². The second-order valence-corrected chi connectivity index (χ2v) is 5.16. The van der Waals surface area contributed by atoms with E-state index in [0.29, 0.717) is 23.1 Å². The first-order chi connectivity index (χ1) is 10.2. The van der Waals surface area contributed by atoms with Crippen LogP contribution in [-0.2, 0) is 11.3 Å². The third-order valence-corrected chi connectivity index (χ3v) is 3.60. The molecule has 2 aromatic rings. The van der Waals surface area contributed by atoms with Crippen LogP contribution in [0.5, 0.6) is 11.5 Å². The summed E-state index contributed by atoms with van der Waals surface area (Å²) in [4.78, 5) is 14.0. The van der Waals surface area contributed by atoms with Crippen molar-refractivity contribution in [3.63, 3.8) is 0 Å². The molecule has 3 rings (SSSR count). The van der Waals surface area contributed by atoms with Crippen molar-refractivity contribution in [3.8, 4) is 11.5 Å². The predicted molar refractivity (Wildman–Crippen MR) is 81.1 cm³/mol. The molecule has 0 unspecified atom stereocenters. The molecule has 0 N–H and O–H groups in total. The fraction of sp³-hybridized carbons (Fsp3) is 0.188. The predicted octanol–water partition coefficient (Wildman–Crippen LogP) is 3.27. The summed E-state index contributed by atoms with van der Waals surface area (Å²) in [5, 5.41) is 0.622. The Labute approximate surface area is 127 Å². The highest BCUT2D eigenvalue weighted by atomic mass is 35.5. The number of hydrogen-bond acceptors (Lipinski definition) is 3. The molecule has 0 bridgehead atoms. The van der Waals surface area contributed by atoms with Crippen molar-refractivity contribution in [1.29, 1.82) is 0 Å². The van der Waals surface area contributed by atoms with Crippen LogP contribution in [0.4, 0.5) is 5.69 Å². The zero-order chi connectivity index (χ0) is 14.8. The summed E-state index contributed by atoms with van der Waals surface area (Å²) in [6, 6.07) is 12.8. The van der Waals surface area contributed by atoms with E-state index in [4.69, 9.17) is 21.1 Å². The first-order valence-corrected chi connectivity index (χ1v) is 6.91. The lowest BCUT2D eigenvalue weighted by Crippen LogP contribution is -2.32. The number of fused-ring (bicyclic) bond motifs is 1. The van der Waals surface area contributed by atoms with Crippen LogP contribution in [0.15, 0.2) is 42.5 Å². The molecule has 4 nitrogen and oxygen atoms in total. The van der Waals surface area contributed by atoms with Gasteiger partial charge in [0.25, 0.3) is 5.91 Å². The number of rotatable bonds is 2. The number of amides is 1. The van der Waals surface area contributed by atoms with Gasteiger partial charge in [-0.25, -0.2) is 0 Å². The Hall–Kier alpha value is -2.20. The Bertz CT molecular complexity index is 687. The molecule has 5 heteroatoms. The van der Waals surface area contributed by atoms with Gasteiger partial charge in [0.1, 0.15) is 11.5 Å². The highest BCUT2D eigenvalue weighted by Gasteiger charge is 2.23. The molecule has 1 amide bonds. The summed E-state index contributed by atoms with van der Waals surface area (Å²) in [7, 11) is 1.60. The normalized spacial score (nSPS) is 14.2. The number of hydrogen-bond donors (Lipinski definition) is 0. The maximum Gasteiger partial charge on any atom is 0.265 e. The van der Waals surface area contributed by atoms with Gasteiger partial charge in [-0.05, 0) is 30.3 Å². The number of ether oxygens (including phenoxy) is 2. The summed E-state index contributed by atoms with van der Waals surface area (Å²) in [6.45, 7) is 0.424. The van der Waals surface area contributed by atoms with Crippen molar-refractivity contribution < 1.29 is 14.3 Å². The van der Waals surface area contributed by atoms with Gasteiger partial charge in [0.2, 0.25) is 0 Å². The minimum atomic E-state index is -0.101. The van der Waals surface area contributed by atoms with Gasteiger partial charge in [-0.1, -0.05) is 17.7 Å². The monoisotopic (exact) mass is 303 g/mol. The minimum absolute atomic E-state index is 0.00580. The van der Waals surface area contributed by atoms with E-state index in [9.17, 15) is 4.79 Å². The molecule has 0 saturated heterocycles. The molecule has 0 atom stereocenters. The van der Waals surface area contributed by atoms with E-state index < -0.39 is 0 Å². The quantitative estimate of drug-likeness (QED) is 0.854. The van der Waals surface area contributed by atoms with E-state index in [1.54, 1.807) is 24.1 Å². The van der Waals surface area contributed by atoms with E-state index in [-0.39, 0.29) is 12.5 Å². The van der Waals surface area contributed by atoms with Gasteiger partial charge in [-0.3, -0.25) is 4.79 Å². The maximum absolute atomic E-state index is 12.3. The molecule has 21 heavy (non-hydrogen) atoms. The number of methoxy groups -OCH3 is 1. The SMILES string of the molecule is COc1cccc(N2Cc3cc(Cl)ccc3OCC2=O)c1. The zero-order valence-electron chi connectivity index (χ0n) is 11.5. The molecule has 1 heterocycles. The van der Waals surface area contributed by atoms with Crippen molar-refractivity contribution in [2.45, 2.75) is 6.54 Å². The molecule has 0 fully saturated rings. The van der Waals surface area contributed by atoms with E-state index in [1.807, 2.05) is 30.3 Å². The number of anilines is 1. The van der Waals surface area contributed by atoms with Crippen molar-refractivity contribution in [3.05, 3.63) is 53.1 Å². The Kier molecular flexibility index (Phi) is 3.71. The summed E-state index contributed by atoms with van der Waals surface area (Å²) in [6.07, 6.45) is 0. The van der Waals surface area contributed by atoms with Crippen molar-refractivity contribution >= 4 is 23.2 Å².